The fourth-order valence-electron chi connectivity index (χ4n) is 5.64. The van der Waals surface area contributed by atoms with Crippen LogP contribution in [-0.2, 0) is 16.0 Å². The minimum atomic E-state index is -0.648. The highest BCUT2D eigenvalue weighted by Crippen LogP contribution is 2.23. The third kappa shape index (κ3) is 8.74. The number of carbonyl (C=O) groups is 2. The number of piperazine rings is 1. The Labute approximate surface area is 248 Å². The summed E-state index contributed by atoms with van der Waals surface area (Å²) in [6, 6.07) is 10.7. The molecule has 2 aliphatic rings. The molecule has 0 saturated carbocycles. The van der Waals surface area contributed by atoms with E-state index < -0.39 is 6.04 Å². The molecule has 40 heavy (non-hydrogen) atoms. The molecule has 2 aliphatic heterocycles. The Morgan fingerprint density at radius 1 is 1.07 bits per heavy atom. The zero-order chi connectivity index (χ0) is 28.6. The number of rotatable bonds is 11. The highest BCUT2D eigenvalue weighted by Gasteiger charge is 2.34. The van der Waals surface area contributed by atoms with E-state index in [9.17, 15) is 9.59 Å². The minimum absolute atomic E-state index is 0.0264. The zero-order valence-electron chi connectivity index (χ0n) is 24.1. The van der Waals surface area contributed by atoms with Gasteiger partial charge in [0, 0.05) is 80.6 Å². The van der Waals surface area contributed by atoms with Gasteiger partial charge in [0.2, 0.25) is 11.8 Å². The van der Waals surface area contributed by atoms with Crippen LogP contribution in [0.25, 0.3) is 0 Å². The molecule has 2 aromatic rings. The van der Waals surface area contributed by atoms with E-state index >= 15 is 0 Å². The smallest absolute Gasteiger partial charge is 0.245 e. The summed E-state index contributed by atoms with van der Waals surface area (Å²) in [7, 11) is 2.18. The van der Waals surface area contributed by atoms with Crippen molar-refractivity contribution in [3.05, 3.63) is 57.2 Å². The number of piperidine rings is 1. The summed E-state index contributed by atoms with van der Waals surface area (Å²) < 4.78 is 0. The van der Waals surface area contributed by atoms with Crippen LogP contribution in [-0.4, -0.2) is 96.6 Å². The first-order valence-electron chi connectivity index (χ1n) is 14.5. The lowest BCUT2D eigenvalue weighted by Crippen LogP contribution is -2.60. The first kappa shape index (κ1) is 30.9. The number of likely N-dealkylation sites (N-methyl/N-ethyl adjacent to an activating group) is 1. The van der Waals surface area contributed by atoms with Crippen molar-refractivity contribution in [2.24, 2.45) is 11.7 Å². The van der Waals surface area contributed by atoms with E-state index in [4.69, 9.17) is 17.3 Å². The number of likely N-dealkylation sites (tertiary alicyclic amines) is 1. The van der Waals surface area contributed by atoms with E-state index in [0.717, 1.165) is 56.0 Å². The van der Waals surface area contributed by atoms with Gasteiger partial charge < -0.3 is 20.9 Å². The lowest BCUT2D eigenvalue weighted by atomic mass is 9.99. The molecule has 0 spiro atoms. The van der Waals surface area contributed by atoms with Crippen LogP contribution in [0.4, 0.5) is 0 Å². The quantitative estimate of drug-likeness (QED) is 0.417. The Hall–Kier alpha value is -2.01. The Morgan fingerprint density at radius 2 is 1.75 bits per heavy atom. The van der Waals surface area contributed by atoms with Crippen molar-refractivity contribution in [2.75, 3.05) is 52.9 Å². The van der Waals surface area contributed by atoms with Gasteiger partial charge in [-0.15, -0.1) is 11.3 Å². The Balaban J connectivity index is 1.40. The first-order valence-corrected chi connectivity index (χ1v) is 15.8. The number of nitrogens with two attached hydrogens (primary N) is 1. The first-order chi connectivity index (χ1) is 19.2. The van der Waals surface area contributed by atoms with Crippen molar-refractivity contribution in [3.63, 3.8) is 0 Å². The van der Waals surface area contributed by atoms with Crippen LogP contribution < -0.4 is 11.1 Å². The normalized spacial score (nSPS) is 19.2. The summed E-state index contributed by atoms with van der Waals surface area (Å²) in [4.78, 5) is 32.2. The van der Waals surface area contributed by atoms with E-state index in [1.165, 1.54) is 11.3 Å². The van der Waals surface area contributed by atoms with Crippen LogP contribution in [0, 0.1) is 5.92 Å². The summed E-state index contributed by atoms with van der Waals surface area (Å²) in [6.07, 6.45) is 2.41. The maximum Gasteiger partial charge on any atom is 0.245 e. The molecular weight excluding hydrogens is 544 g/mol. The monoisotopic (exact) mass is 588 g/mol. The van der Waals surface area contributed by atoms with Gasteiger partial charge >= 0.3 is 0 Å². The number of benzene rings is 1. The fraction of sp³-hybridized carbons (Fsp3) is 0.600. The molecule has 1 aromatic heterocycles. The highest BCUT2D eigenvalue weighted by molar-refractivity contribution is 7.10. The molecule has 2 fully saturated rings. The van der Waals surface area contributed by atoms with Gasteiger partial charge in [-0.25, -0.2) is 10.0 Å². The molecule has 0 aliphatic carbocycles. The molecule has 2 atom stereocenters. The zero-order valence-corrected chi connectivity index (χ0v) is 25.7. The molecule has 4 rings (SSSR count). The lowest BCUT2D eigenvalue weighted by molar-refractivity contribution is -0.140. The second-order valence-electron chi connectivity index (χ2n) is 11.6. The van der Waals surface area contributed by atoms with Crippen molar-refractivity contribution in [1.29, 1.82) is 0 Å². The summed E-state index contributed by atoms with van der Waals surface area (Å²) in [5.74, 6) is 0.335. The van der Waals surface area contributed by atoms with Crippen LogP contribution in [0.1, 0.15) is 49.6 Å². The Morgan fingerprint density at radius 3 is 2.35 bits per heavy atom. The number of carbonyl (C=O) groups excluding carboxylic acids is 2. The van der Waals surface area contributed by atoms with Gasteiger partial charge in [0.1, 0.15) is 6.04 Å². The van der Waals surface area contributed by atoms with E-state index in [-0.39, 0.29) is 24.3 Å². The maximum atomic E-state index is 13.8. The topological polar surface area (TPSA) is 85.1 Å². The number of hydrogen-bond acceptors (Lipinski definition) is 7. The number of halogens is 1. The number of amides is 2. The van der Waals surface area contributed by atoms with Gasteiger partial charge in [0.25, 0.3) is 0 Å². The summed E-state index contributed by atoms with van der Waals surface area (Å²) in [6.45, 7) is 11.2. The molecule has 3 heterocycles. The van der Waals surface area contributed by atoms with Gasteiger partial charge in [-0.05, 0) is 54.9 Å². The average Bonchev–Trinajstić information content (AvgIpc) is 3.48. The van der Waals surface area contributed by atoms with Crippen molar-refractivity contribution in [3.8, 4) is 0 Å². The van der Waals surface area contributed by atoms with Crippen molar-refractivity contribution in [2.45, 2.75) is 57.7 Å². The largest absolute Gasteiger partial charge is 0.344 e. The van der Waals surface area contributed by atoms with Gasteiger partial charge in [-0.2, -0.15) is 0 Å². The van der Waals surface area contributed by atoms with Crippen LogP contribution in [0.15, 0.2) is 41.8 Å². The molecule has 2 saturated heterocycles. The third-order valence-corrected chi connectivity index (χ3v) is 9.15. The Bertz CT molecular complexity index is 1070. The number of hydrazine groups is 1. The van der Waals surface area contributed by atoms with Gasteiger partial charge in [0.05, 0.1) is 0 Å². The molecular formula is C30H45ClN6O2S. The molecule has 0 radical (unpaired) electrons. The minimum Gasteiger partial charge on any atom is -0.344 e. The molecule has 0 bridgehead atoms. The Kier molecular flexibility index (Phi) is 11.4. The van der Waals surface area contributed by atoms with Crippen molar-refractivity contribution < 1.29 is 9.59 Å². The SMILES string of the molecule is CC(C)CN(C1CCN(C(=O)C(Cc2ccc(Cl)cc2)NC(=O)CC(N)c2cccs2)CC1)N1CCN(C)CC1. The number of nitrogens with zero attached hydrogens (tertiary/aromatic N) is 4. The van der Waals surface area contributed by atoms with Crippen LogP contribution in [0.3, 0.4) is 0 Å². The molecule has 8 nitrogen and oxygen atoms in total. The van der Waals surface area contributed by atoms with Crippen molar-refractivity contribution >= 4 is 34.8 Å². The van der Waals surface area contributed by atoms with E-state index in [0.29, 0.717) is 36.5 Å². The maximum absolute atomic E-state index is 13.8. The van der Waals surface area contributed by atoms with Crippen molar-refractivity contribution in [1.82, 2.24) is 25.1 Å². The third-order valence-electron chi connectivity index (χ3n) is 7.89. The molecule has 2 unspecified atom stereocenters. The number of thiophene rings is 1. The predicted molar refractivity (Wildman–Crippen MR) is 163 cm³/mol. The molecule has 10 heteroatoms. The fourth-order valence-corrected chi connectivity index (χ4v) is 6.49. The second kappa shape index (κ2) is 14.8. The summed E-state index contributed by atoms with van der Waals surface area (Å²) in [5, 5.41) is 10.7. The predicted octanol–water partition coefficient (Wildman–Crippen LogP) is 3.63. The van der Waals surface area contributed by atoms with E-state index in [2.05, 4.69) is 41.1 Å². The summed E-state index contributed by atoms with van der Waals surface area (Å²) >= 11 is 7.63. The lowest BCUT2D eigenvalue weighted by Gasteiger charge is -2.47. The van der Waals surface area contributed by atoms with Gasteiger partial charge in [0.15, 0.2) is 0 Å². The van der Waals surface area contributed by atoms with Gasteiger partial charge in [-0.1, -0.05) is 43.6 Å². The van der Waals surface area contributed by atoms with Crippen LogP contribution in [0.2, 0.25) is 5.02 Å². The number of hydrogen-bond donors (Lipinski definition) is 2. The second-order valence-corrected chi connectivity index (χ2v) is 13.0. The number of nitrogens with one attached hydrogen (secondary N) is 1. The molecule has 220 valence electrons. The average molecular weight is 589 g/mol. The molecule has 2 amide bonds. The van der Waals surface area contributed by atoms with Gasteiger partial charge in [-0.3, -0.25) is 9.59 Å². The van der Waals surface area contributed by atoms with Crippen LogP contribution >= 0.6 is 22.9 Å². The van der Waals surface area contributed by atoms with Crippen LogP contribution in [0.5, 0.6) is 0 Å². The van der Waals surface area contributed by atoms with E-state index in [1.54, 1.807) is 0 Å². The standard InChI is InChI=1S/C30H45ClN6O2S/c1-22(2)21-37(36-16-14-34(3)15-17-36)25-10-12-35(13-11-25)30(39)27(19-23-6-8-24(31)9-7-23)33-29(38)20-26(32)28-5-4-18-40-28/h4-9,18,22,25-27H,10-17,19-21,32H2,1-3H3,(H,33,38). The molecule has 1 aromatic carbocycles. The highest BCUT2D eigenvalue weighted by atomic mass is 35.5. The summed E-state index contributed by atoms with van der Waals surface area (Å²) in [5.41, 5.74) is 7.24. The van der Waals surface area contributed by atoms with E-state index in [1.807, 2.05) is 46.7 Å². The molecule has 3 N–H and O–H groups in total.